The zero-order chi connectivity index (χ0) is 14.5. The molecule has 0 amide bonds. The van der Waals surface area contributed by atoms with Crippen LogP contribution < -0.4 is 4.90 Å². The summed E-state index contributed by atoms with van der Waals surface area (Å²) in [5.74, 6) is -0.463. The second-order valence-electron chi connectivity index (χ2n) is 4.38. The van der Waals surface area contributed by atoms with E-state index in [-0.39, 0.29) is 5.69 Å². The van der Waals surface area contributed by atoms with E-state index < -0.39 is 10.7 Å². The number of halogens is 1. The average molecular weight is 274 g/mol. The van der Waals surface area contributed by atoms with Crippen molar-refractivity contribution in [3.05, 3.63) is 70.0 Å². The Balaban J connectivity index is 2.32. The molecule has 0 heterocycles. The third-order valence-corrected chi connectivity index (χ3v) is 3.10. The van der Waals surface area contributed by atoms with Gasteiger partial charge in [0.25, 0.3) is 5.69 Å². The van der Waals surface area contributed by atoms with Crippen LogP contribution in [-0.2, 0) is 6.54 Å². The molecule has 0 radical (unpaired) electrons. The van der Waals surface area contributed by atoms with Crippen molar-refractivity contribution in [2.75, 3.05) is 11.4 Å². The van der Waals surface area contributed by atoms with E-state index in [4.69, 9.17) is 0 Å². The van der Waals surface area contributed by atoms with Crippen molar-refractivity contribution in [2.45, 2.75) is 13.5 Å². The van der Waals surface area contributed by atoms with Crippen molar-refractivity contribution in [3.8, 4) is 0 Å². The minimum atomic E-state index is -0.479. The number of para-hydroxylation sites is 1. The van der Waals surface area contributed by atoms with Gasteiger partial charge in [-0.05, 0) is 31.2 Å². The van der Waals surface area contributed by atoms with Crippen LogP contribution in [0, 0.1) is 15.9 Å². The maximum absolute atomic E-state index is 13.3. The molecule has 0 unspecified atom stereocenters. The van der Waals surface area contributed by atoms with E-state index in [0.717, 1.165) is 11.8 Å². The van der Waals surface area contributed by atoms with Gasteiger partial charge in [-0.3, -0.25) is 10.1 Å². The molecule has 0 aliphatic heterocycles. The van der Waals surface area contributed by atoms with Crippen LogP contribution in [0.5, 0.6) is 0 Å². The molecule has 2 aromatic rings. The zero-order valence-corrected chi connectivity index (χ0v) is 11.1. The SMILES string of the molecule is CCN(Cc1cc(F)ccc1[N+](=O)[O-])c1ccccc1. The van der Waals surface area contributed by atoms with E-state index >= 15 is 0 Å². The van der Waals surface area contributed by atoms with Gasteiger partial charge >= 0.3 is 0 Å². The van der Waals surface area contributed by atoms with Crippen molar-refractivity contribution in [1.29, 1.82) is 0 Å². The van der Waals surface area contributed by atoms with Crippen LogP contribution >= 0.6 is 0 Å². The highest BCUT2D eigenvalue weighted by molar-refractivity contribution is 5.49. The van der Waals surface area contributed by atoms with Crippen LogP contribution in [-0.4, -0.2) is 11.5 Å². The Morgan fingerprint density at radius 1 is 1.20 bits per heavy atom. The first-order valence-electron chi connectivity index (χ1n) is 6.34. The summed E-state index contributed by atoms with van der Waals surface area (Å²) in [6.45, 7) is 2.93. The van der Waals surface area contributed by atoms with Crippen LogP contribution in [0.15, 0.2) is 48.5 Å². The number of hydrogen-bond donors (Lipinski definition) is 0. The maximum atomic E-state index is 13.3. The van der Waals surface area contributed by atoms with Gasteiger partial charge in [0.2, 0.25) is 0 Å². The summed E-state index contributed by atoms with van der Waals surface area (Å²) in [4.78, 5) is 12.5. The van der Waals surface area contributed by atoms with Gasteiger partial charge in [-0.25, -0.2) is 4.39 Å². The van der Waals surface area contributed by atoms with E-state index in [9.17, 15) is 14.5 Å². The van der Waals surface area contributed by atoms with Crippen LogP contribution in [0.3, 0.4) is 0 Å². The third-order valence-electron chi connectivity index (χ3n) is 3.10. The fraction of sp³-hybridized carbons (Fsp3) is 0.200. The first-order chi connectivity index (χ1) is 9.61. The lowest BCUT2D eigenvalue weighted by atomic mass is 10.1. The summed E-state index contributed by atoms with van der Waals surface area (Å²) in [6, 6.07) is 13.1. The van der Waals surface area contributed by atoms with Crippen molar-refractivity contribution < 1.29 is 9.31 Å². The number of nitrogens with zero attached hydrogens (tertiary/aromatic N) is 2. The molecule has 2 rings (SSSR count). The predicted octanol–water partition coefficient (Wildman–Crippen LogP) is 3.76. The Hall–Kier alpha value is -2.43. The molecule has 20 heavy (non-hydrogen) atoms. The van der Waals surface area contributed by atoms with Gasteiger partial charge in [0.05, 0.1) is 10.5 Å². The highest BCUT2D eigenvalue weighted by Gasteiger charge is 2.17. The first-order valence-corrected chi connectivity index (χ1v) is 6.34. The number of anilines is 1. The molecule has 0 atom stereocenters. The van der Waals surface area contributed by atoms with E-state index in [1.807, 2.05) is 42.2 Å². The number of nitro groups is 1. The van der Waals surface area contributed by atoms with E-state index in [1.165, 1.54) is 12.1 Å². The molecule has 0 saturated carbocycles. The molecule has 0 bridgehead atoms. The fourth-order valence-corrected chi connectivity index (χ4v) is 2.09. The van der Waals surface area contributed by atoms with E-state index in [2.05, 4.69) is 0 Å². The van der Waals surface area contributed by atoms with Crippen molar-refractivity contribution >= 4 is 11.4 Å². The minimum absolute atomic E-state index is 0.0548. The van der Waals surface area contributed by atoms with Gasteiger partial charge in [-0.15, -0.1) is 0 Å². The molecule has 0 fully saturated rings. The second kappa shape index (κ2) is 6.14. The third kappa shape index (κ3) is 3.12. The highest BCUT2D eigenvalue weighted by atomic mass is 19.1. The molecular weight excluding hydrogens is 259 g/mol. The Morgan fingerprint density at radius 3 is 2.50 bits per heavy atom. The average Bonchev–Trinajstić information content (AvgIpc) is 2.45. The molecule has 0 aliphatic rings. The van der Waals surface area contributed by atoms with Crippen molar-refractivity contribution in [1.82, 2.24) is 0 Å². The monoisotopic (exact) mass is 274 g/mol. The maximum Gasteiger partial charge on any atom is 0.274 e. The number of benzene rings is 2. The summed E-state index contributed by atoms with van der Waals surface area (Å²) >= 11 is 0. The Kier molecular flexibility index (Phi) is 4.30. The van der Waals surface area contributed by atoms with Gasteiger partial charge in [0.15, 0.2) is 0 Å². The van der Waals surface area contributed by atoms with Gasteiger partial charge in [-0.1, -0.05) is 18.2 Å². The Bertz CT molecular complexity index is 602. The largest absolute Gasteiger partial charge is 0.367 e. The number of hydrogen-bond acceptors (Lipinski definition) is 3. The smallest absolute Gasteiger partial charge is 0.274 e. The van der Waals surface area contributed by atoms with Gasteiger partial charge in [0, 0.05) is 24.8 Å². The molecule has 5 heteroatoms. The molecule has 0 N–H and O–H groups in total. The fourth-order valence-electron chi connectivity index (χ4n) is 2.09. The van der Waals surface area contributed by atoms with Crippen molar-refractivity contribution in [2.24, 2.45) is 0 Å². The lowest BCUT2D eigenvalue weighted by Gasteiger charge is -2.23. The van der Waals surface area contributed by atoms with Gasteiger partial charge < -0.3 is 4.90 Å². The van der Waals surface area contributed by atoms with Gasteiger partial charge in [-0.2, -0.15) is 0 Å². The molecule has 0 aliphatic carbocycles. The molecule has 4 nitrogen and oxygen atoms in total. The molecular formula is C15H15FN2O2. The molecule has 2 aromatic carbocycles. The predicted molar refractivity (Wildman–Crippen MR) is 76.2 cm³/mol. The quantitative estimate of drug-likeness (QED) is 0.616. The molecule has 0 aromatic heterocycles. The Morgan fingerprint density at radius 2 is 1.90 bits per heavy atom. The highest BCUT2D eigenvalue weighted by Crippen LogP contribution is 2.24. The van der Waals surface area contributed by atoms with E-state index in [0.29, 0.717) is 18.7 Å². The molecule has 0 spiro atoms. The summed E-state index contributed by atoms with van der Waals surface area (Å²) in [7, 11) is 0. The van der Waals surface area contributed by atoms with Crippen LogP contribution in [0.1, 0.15) is 12.5 Å². The summed E-state index contributed by atoms with van der Waals surface area (Å²) in [6.07, 6.45) is 0. The topological polar surface area (TPSA) is 46.4 Å². The summed E-state index contributed by atoms with van der Waals surface area (Å²) in [5, 5.41) is 11.0. The van der Waals surface area contributed by atoms with Crippen LogP contribution in [0.4, 0.5) is 15.8 Å². The van der Waals surface area contributed by atoms with Crippen LogP contribution in [0.25, 0.3) is 0 Å². The summed E-state index contributed by atoms with van der Waals surface area (Å²) < 4.78 is 13.3. The number of rotatable bonds is 5. The molecule has 104 valence electrons. The van der Waals surface area contributed by atoms with Crippen molar-refractivity contribution in [3.63, 3.8) is 0 Å². The minimum Gasteiger partial charge on any atom is -0.367 e. The second-order valence-corrected chi connectivity index (χ2v) is 4.38. The lowest BCUT2D eigenvalue weighted by Crippen LogP contribution is -2.22. The molecule has 0 saturated heterocycles. The van der Waals surface area contributed by atoms with Crippen LogP contribution in [0.2, 0.25) is 0 Å². The standard InChI is InChI=1S/C15H15FN2O2/c1-2-17(14-6-4-3-5-7-14)11-12-10-13(16)8-9-15(12)18(19)20/h3-10H,2,11H2,1H3. The summed E-state index contributed by atoms with van der Waals surface area (Å²) in [5.41, 5.74) is 1.27. The van der Waals surface area contributed by atoms with Gasteiger partial charge in [0.1, 0.15) is 5.82 Å². The Labute approximate surface area is 116 Å². The van der Waals surface area contributed by atoms with E-state index in [1.54, 1.807) is 0 Å². The normalized spacial score (nSPS) is 10.3. The lowest BCUT2D eigenvalue weighted by molar-refractivity contribution is -0.385. The first kappa shape index (κ1) is 14.0. The zero-order valence-electron chi connectivity index (χ0n) is 11.1. The number of nitro benzene ring substituents is 1.